The second-order valence-electron chi connectivity index (χ2n) is 13.8. The minimum Gasteiger partial charge on any atom is -0.375 e. The summed E-state index contributed by atoms with van der Waals surface area (Å²) in [6, 6.07) is 32.8. The van der Waals surface area contributed by atoms with Gasteiger partial charge in [-0.3, -0.25) is 0 Å². The lowest BCUT2D eigenvalue weighted by Gasteiger charge is -2.37. The zero-order chi connectivity index (χ0) is 31.2. The number of rotatable bonds is 9. The molecule has 0 aliphatic heterocycles. The second kappa shape index (κ2) is 11.6. The van der Waals surface area contributed by atoms with E-state index in [1.807, 2.05) is 0 Å². The molecule has 0 bridgehead atoms. The van der Waals surface area contributed by atoms with Gasteiger partial charge in [0.05, 0.1) is 5.54 Å². The highest BCUT2D eigenvalue weighted by molar-refractivity contribution is 6.09. The predicted octanol–water partition coefficient (Wildman–Crippen LogP) is 12.2. The largest absolute Gasteiger partial charge is 0.375 e. The van der Waals surface area contributed by atoms with Crippen LogP contribution in [0, 0.1) is 20.8 Å². The number of fused-ring (bicyclic) bond motifs is 5. The highest BCUT2D eigenvalue weighted by atomic mass is 15.0. The first kappa shape index (κ1) is 30.2. The number of unbranched alkanes of at least 4 members (excludes halogenated alkanes) is 1. The molecule has 5 aromatic carbocycles. The smallest absolute Gasteiger partial charge is 0.0620 e. The monoisotopic (exact) mass is 579 g/mol. The van der Waals surface area contributed by atoms with Crippen LogP contribution in [-0.4, -0.2) is 0 Å². The van der Waals surface area contributed by atoms with Crippen LogP contribution in [0.2, 0.25) is 0 Å². The van der Waals surface area contributed by atoms with Gasteiger partial charge in [-0.15, -0.1) is 0 Å². The average Bonchev–Trinajstić information content (AvgIpc) is 3.25. The quantitative estimate of drug-likeness (QED) is 0.183. The van der Waals surface area contributed by atoms with E-state index in [2.05, 4.69) is 146 Å². The lowest BCUT2D eigenvalue weighted by molar-refractivity contribution is 0.453. The van der Waals surface area contributed by atoms with E-state index >= 15 is 0 Å². The fourth-order valence-electron chi connectivity index (χ4n) is 7.92. The van der Waals surface area contributed by atoms with Crippen LogP contribution in [0.3, 0.4) is 0 Å². The fourth-order valence-corrected chi connectivity index (χ4v) is 7.92. The van der Waals surface area contributed by atoms with Gasteiger partial charge in [0.1, 0.15) is 0 Å². The summed E-state index contributed by atoms with van der Waals surface area (Å²) in [7, 11) is 0. The van der Waals surface area contributed by atoms with Gasteiger partial charge < -0.3 is 5.32 Å². The molecule has 0 aromatic heterocycles. The molecule has 0 atom stereocenters. The van der Waals surface area contributed by atoms with Crippen LogP contribution < -0.4 is 5.32 Å². The minimum absolute atomic E-state index is 0.109. The Morgan fingerprint density at radius 3 is 2.07 bits per heavy atom. The number of benzene rings is 5. The van der Waals surface area contributed by atoms with Gasteiger partial charge in [-0.25, -0.2) is 0 Å². The maximum atomic E-state index is 4.09. The van der Waals surface area contributed by atoms with E-state index in [1.54, 1.807) is 0 Å². The maximum absolute atomic E-state index is 4.09. The first-order valence-electron chi connectivity index (χ1n) is 16.8. The number of aryl methyl sites for hydroxylation is 4. The van der Waals surface area contributed by atoms with E-state index in [9.17, 15) is 0 Å². The fraction of sp³-hybridized carbons (Fsp3) is 0.349. The van der Waals surface area contributed by atoms with Crippen molar-refractivity contribution < 1.29 is 0 Å². The van der Waals surface area contributed by atoms with Gasteiger partial charge in [0, 0.05) is 11.1 Å². The summed E-state index contributed by atoms with van der Waals surface area (Å²) in [5, 5.41) is 6.80. The van der Waals surface area contributed by atoms with Crippen LogP contribution in [0.5, 0.6) is 0 Å². The minimum atomic E-state index is -0.142. The molecule has 44 heavy (non-hydrogen) atoms. The topological polar surface area (TPSA) is 12.0 Å². The summed E-state index contributed by atoms with van der Waals surface area (Å²) in [4.78, 5) is 0. The summed E-state index contributed by atoms with van der Waals surface area (Å²) in [5.74, 6) is 0. The molecule has 1 aliphatic carbocycles. The molecule has 0 amide bonds. The third-order valence-electron chi connectivity index (χ3n) is 10.5. The first-order valence-corrected chi connectivity index (χ1v) is 16.8. The Morgan fingerprint density at radius 2 is 1.39 bits per heavy atom. The third kappa shape index (κ3) is 4.95. The van der Waals surface area contributed by atoms with Gasteiger partial charge in [-0.05, 0) is 119 Å². The molecule has 1 heteroatoms. The van der Waals surface area contributed by atoms with Gasteiger partial charge in [0.25, 0.3) is 0 Å². The molecule has 1 nitrogen and oxygen atoms in total. The molecule has 1 N–H and O–H groups in total. The molecule has 5 aromatic rings. The molecule has 1 aliphatic rings. The van der Waals surface area contributed by atoms with Gasteiger partial charge >= 0.3 is 0 Å². The van der Waals surface area contributed by atoms with Crippen LogP contribution in [0.4, 0.5) is 5.69 Å². The Bertz CT molecular complexity index is 1830. The summed E-state index contributed by atoms with van der Waals surface area (Å²) >= 11 is 0. The number of anilines is 1. The van der Waals surface area contributed by atoms with E-state index in [4.69, 9.17) is 0 Å². The van der Waals surface area contributed by atoms with Crippen molar-refractivity contribution in [1.29, 1.82) is 0 Å². The Hall–Kier alpha value is -3.84. The van der Waals surface area contributed by atoms with Crippen molar-refractivity contribution in [1.82, 2.24) is 0 Å². The molecule has 0 saturated heterocycles. The van der Waals surface area contributed by atoms with E-state index in [0.717, 1.165) is 19.3 Å². The van der Waals surface area contributed by atoms with Gasteiger partial charge in [-0.2, -0.15) is 0 Å². The van der Waals surface area contributed by atoms with Crippen molar-refractivity contribution in [3.8, 4) is 22.3 Å². The lowest BCUT2D eigenvalue weighted by atomic mass is 9.77. The standard InChI is InChI=1S/C43H49N/c1-9-12-16-31-17-15-18-32(25-31)37-27-39-40(35-20-14-13-19-34(35)37)36-22-21-33(26-38(36)42(39,7)8)43(10-2,11-3)44-41-29(5)23-28(4)24-30(41)6/h13-15,17-27,44H,9-12,16H2,1-8H3. The van der Waals surface area contributed by atoms with Gasteiger partial charge in [-0.1, -0.05) is 125 Å². The molecular weight excluding hydrogens is 530 g/mol. The van der Waals surface area contributed by atoms with Crippen molar-refractivity contribution >= 4 is 16.5 Å². The van der Waals surface area contributed by atoms with E-state index in [1.165, 1.54) is 90.5 Å². The molecule has 0 heterocycles. The highest BCUT2D eigenvalue weighted by Gasteiger charge is 2.39. The highest BCUT2D eigenvalue weighted by Crippen LogP contribution is 2.54. The van der Waals surface area contributed by atoms with Gasteiger partial charge in [0.15, 0.2) is 0 Å². The number of hydrogen-bond acceptors (Lipinski definition) is 1. The predicted molar refractivity (Wildman–Crippen MR) is 192 cm³/mol. The van der Waals surface area contributed by atoms with E-state index < -0.39 is 0 Å². The maximum Gasteiger partial charge on any atom is 0.0620 e. The third-order valence-corrected chi connectivity index (χ3v) is 10.5. The summed E-state index contributed by atoms with van der Waals surface area (Å²) in [6.45, 7) is 18.5. The van der Waals surface area contributed by atoms with Crippen LogP contribution in [0.25, 0.3) is 33.0 Å². The van der Waals surface area contributed by atoms with Crippen molar-refractivity contribution in [3.63, 3.8) is 0 Å². The zero-order valence-electron chi connectivity index (χ0n) is 28.1. The Kier molecular flexibility index (Phi) is 7.95. The molecule has 0 fully saturated rings. The average molecular weight is 580 g/mol. The second-order valence-corrected chi connectivity index (χ2v) is 13.8. The molecule has 0 unspecified atom stereocenters. The molecule has 0 spiro atoms. The van der Waals surface area contributed by atoms with E-state index in [0.29, 0.717) is 0 Å². The van der Waals surface area contributed by atoms with E-state index in [-0.39, 0.29) is 11.0 Å². The lowest BCUT2D eigenvalue weighted by Crippen LogP contribution is -2.35. The normalized spacial score (nSPS) is 13.6. The Morgan fingerprint density at radius 1 is 0.682 bits per heavy atom. The van der Waals surface area contributed by atoms with Crippen molar-refractivity contribution in [3.05, 3.63) is 124 Å². The van der Waals surface area contributed by atoms with Gasteiger partial charge in [0.2, 0.25) is 0 Å². The van der Waals surface area contributed by atoms with Crippen molar-refractivity contribution in [2.75, 3.05) is 5.32 Å². The van der Waals surface area contributed by atoms with Crippen LogP contribution in [-0.2, 0) is 17.4 Å². The van der Waals surface area contributed by atoms with Crippen LogP contribution in [0.15, 0.2) is 84.9 Å². The molecule has 0 saturated carbocycles. The number of nitrogens with one attached hydrogen (secondary N) is 1. The SMILES string of the molecule is CCCCc1cccc(-c2cc3c(c4ccccc24)-c2ccc(C(CC)(CC)Nc4c(C)cc(C)cc4C)cc2C3(C)C)c1. The molecule has 226 valence electrons. The van der Waals surface area contributed by atoms with Crippen LogP contribution in [0.1, 0.15) is 99.2 Å². The zero-order valence-corrected chi connectivity index (χ0v) is 28.1. The van der Waals surface area contributed by atoms with Crippen molar-refractivity contribution in [2.45, 2.75) is 98.4 Å². The molecular formula is C43H49N. The Labute approximate surface area is 265 Å². The summed E-state index contributed by atoms with van der Waals surface area (Å²) in [6.07, 6.45) is 5.62. The Balaban J connectivity index is 1.50. The van der Waals surface area contributed by atoms with Crippen molar-refractivity contribution in [2.24, 2.45) is 0 Å². The first-order chi connectivity index (χ1) is 21.1. The molecule has 6 rings (SSSR count). The summed E-state index contributed by atoms with van der Waals surface area (Å²) < 4.78 is 0. The number of hydrogen-bond donors (Lipinski definition) is 1. The molecule has 0 radical (unpaired) electrons. The van der Waals surface area contributed by atoms with Crippen LogP contribution >= 0.6 is 0 Å². The summed E-state index contributed by atoms with van der Waals surface area (Å²) in [5.41, 5.74) is 16.2.